The zero-order valence-corrected chi connectivity index (χ0v) is 8.03. The summed E-state index contributed by atoms with van der Waals surface area (Å²) in [6.07, 6.45) is 1.73. The van der Waals surface area contributed by atoms with Crippen LogP contribution in [0.15, 0.2) is 23.1 Å². The van der Waals surface area contributed by atoms with Crippen molar-refractivity contribution in [1.29, 1.82) is 0 Å². The molecule has 13 heavy (non-hydrogen) atoms. The van der Waals surface area contributed by atoms with Gasteiger partial charge in [-0.25, -0.2) is 4.39 Å². The summed E-state index contributed by atoms with van der Waals surface area (Å²) in [5, 5.41) is 0. The predicted molar refractivity (Wildman–Crippen MR) is 51.6 cm³/mol. The van der Waals surface area contributed by atoms with Crippen molar-refractivity contribution in [3.8, 4) is 0 Å². The van der Waals surface area contributed by atoms with E-state index in [0.29, 0.717) is 10.5 Å². The second-order valence-corrected chi connectivity index (χ2v) is 3.26. The number of hydrogen-bond donors (Lipinski definition) is 1. The Morgan fingerprint density at radius 2 is 2.31 bits per heavy atom. The van der Waals surface area contributed by atoms with Gasteiger partial charge in [0, 0.05) is 5.56 Å². The van der Waals surface area contributed by atoms with Crippen molar-refractivity contribution in [1.82, 2.24) is 0 Å². The number of nitrogens with two attached hydrogens (primary N) is 1. The van der Waals surface area contributed by atoms with E-state index in [1.54, 1.807) is 12.3 Å². The van der Waals surface area contributed by atoms with Gasteiger partial charge in [-0.15, -0.1) is 11.8 Å². The Kier molecular flexibility index (Phi) is 3.45. The topological polar surface area (TPSA) is 43.1 Å². The minimum absolute atomic E-state index is 0.0863. The first kappa shape index (κ1) is 10.2. The normalized spacial score (nSPS) is 10.1. The van der Waals surface area contributed by atoms with Crippen LogP contribution in [0.2, 0.25) is 0 Å². The fourth-order valence-electron chi connectivity index (χ4n) is 1.05. The van der Waals surface area contributed by atoms with Gasteiger partial charge in [-0.1, -0.05) is 12.1 Å². The monoisotopic (exact) mass is 199 g/mol. The van der Waals surface area contributed by atoms with Crippen molar-refractivity contribution in [3.63, 3.8) is 0 Å². The van der Waals surface area contributed by atoms with E-state index in [4.69, 9.17) is 5.73 Å². The molecule has 2 N–H and O–H groups in total. The fraction of sp³-hybridized carbons (Fsp3) is 0.222. The lowest BCUT2D eigenvalue weighted by Crippen LogP contribution is -2.14. The van der Waals surface area contributed by atoms with Gasteiger partial charge in [0.05, 0.1) is 11.4 Å². The van der Waals surface area contributed by atoms with Crippen LogP contribution in [-0.4, -0.2) is 18.6 Å². The number of ketones is 1. The van der Waals surface area contributed by atoms with Gasteiger partial charge in [-0.3, -0.25) is 4.79 Å². The molecule has 0 unspecified atom stereocenters. The minimum atomic E-state index is -0.369. The first-order valence-electron chi connectivity index (χ1n) is 3.76. The lowest BCUT2D eigenvalue weighted by Gasteiger charge is -2.05. The van der Waals surface area contributed by atoms with Gasteiger partial charge < -0.3 is 5.73 Å². The standard InChI is InChI=1S/C9H10FNOS/c1-13-9-6(8(12)5-11)3-2-4-7(9)10/h2-4H,5,11H2,1H3. The molecule has 0 aliphatic carbocycles. The molecule has 0 aliphatic heterocycles. The van der Waals surface area contributed by atoms with E-state index in [9.17, 15) is 9.18 Å². The molecule has 0 bridgehead atoms. The third-order valence-corrected chi connectivity index (χ3v) is 2.48. The van der Waals surface area contributed by atoms with Crippen molar-refractivity contribution in [2.45, 2.75) is 4.90 Å². The highest BCUT2D eigenvalue weighted by Crippen LogP contribution is 2.23. The maximum absolute atomic E-state index is 13.1. The van der Waals surface area contributed by atoms with Crippen LogP contribution < -0.4 is 5.73 Å². The number of rotatable bonds is 3. The van der Waals surface area contributed by atoms with Gasteiger partial charge in [0.25, 0.3) is 0 Å². The van der Waals surface area contributed by atoms with Crippen molar-refractivity contribution >= 4 is 17.5 Å². The van der Waals surface area contributed by atoms with Crippen LogP contribution in [-0.2, 0) is 0 Å². The summed E-state index contributed by atoms with van der Waals surface area (Å²) in [4.78, 5) is 11.6. The van der Waals surface area contributed by atoms with E-state index >= 15 is 0 Å². The molecule has 0 fully saturated rings. The molecule has 1 aromatic carbocycles. The number of hydrogen-bond acceptors (Lipinski definition) is 3. The van der Waals surface area contributed by atoms with Crippen LogP contribution in [0.3, 0.4) is 0 Å². The Morgan fingerprint density at radius 1 is 1.62 bits per heavy atom. The Morgan fingerprint density at radius 3 is 2.85 bits per heavy atom. The van der Waals surface area contributed by atoms with Gasteiger partial charge in [0.1, 0.15) is 5.82 Å². The Bertz CT molecular complexity index is 327. The van der Waals surface area contributed by atoms with Gasteiger partial charge in [0.15, 0.2) is 5.78 Å². The van der Waals surface area contributed by atoms with Crippen molar-refractivity contribution < 1.29 is 9.18 Å². The molecule has 2 nitrogen and oxygen atoms in total. The molecular formula is C9H10FNOS. The van der Waals surface area contributed by atoms with Gasteiger partial charge in [-0.05, 0) is 12.3 Å². The third-order valence-electron chi connectivity index (χ3n) is 1.66. The highest BCUT2D eigenvalue weighted by atomic mass is 32.2. The number of halogens is 1. The molecule has 0 aromatic heterocycles. The highest BCUT2D eigenvalue weighted by molar-refractivity contribution is 7.98. The second kappa shape index (κ2) is 4.39. The second-order valence-electron chi connectivity index (χ2n) is 2.45. The molecule has 0 radical (unpaired) electrons. The third kappa shape index (κ3) is 2.08. The zero-order valence-electron chi connectivity index (χ0n) is 7.21. The maximum Gasteiger partial charge on any atom is 0.177 e. The molecule has 4 heteroatoms. The molecular weight excluding hydrogens is 189 g/mol. The van der Waals surface area contributed by atoms with Crippen molar-refractivity contribution in [2.75, 3.05) is 12.8 Å². The van der Waals surface area contributed by atoms with E-state index in [-0.39, 0.29) is 18.1 Å². The first-order valence-corrected chi connectivity index (χ1v) is 4.99. The average Bonchev–Trinajstić information content (AvgIpc) is 2.16. The molecule has 0 atom stereocenters. The summed E-state index contributed by atoms with van der Waals surface area (Å²) in [7, 11) is 0. The van der Waals surface area contributed by atoms with Gasteiger partial charge in [-0.2, -0.15) is 0 Å². The van der Waals surface area contributed by atoms with E-state index < -0.39 is 0 Å². The number of thioether (sulfide) groups is 1. The van der Waals surface area contributed by atoms with E-state index in [2.05, 4.69) is 0 Å². The molecule has 1 rings (SSSR count). The Hall–Kier alpha value is -0.870. The number of carbonyl (C=O) groups is 1. The molecule has 0 heterocycles. The summed E-state index contributed by atoms with van der Waals surface area (Å²) in [5.41, 5.74) is 5.57. The van der Waals surface area contributed by atoms with Crippen LogP contribution in [0.5, 0.6) is 0 Å². The molecule has 0 amide bonds. The largest absolute Gasteiger partial charge is 0.324 e. The Balaban J connectivity index is 3.20. The summed E-state index contributed by atoms with van der Waals surface area (Å²) in [6, 6.07) is 4.43. The lowest BCUT2D eigenvalue weighted by molar-refractivity contribution is 0.0998. The predicted octanol–water partition coefficient (Wildman–Crippen LogP) is 1.69. The molecule has 70 valence electrons. The summed E-state index contributed by atoms with van der Waals surface area (Å²) < 4.78 is 13.1. The van der Waals surface area contributed by atoms with Crippen LogP contribution in [0.4, 0.5) is 4.39 Å². The van der Waals surface area contributed by atoms with E-state index in [1.807, 2.05) is 0 Å². The van der Waals surface area contributed by atoms with Crippen LogP contribution in [0.25, 0.3) is 0 Å². The SMILES string of the molecule is CSc1c(F)cccc1C(=O)CN. The molecule has 0 aliphatic rings. The van der Waals surface area contributed by atoms with Crippen LogP contribution in [0, 0.1) is 5.82 Å². The summed E-state index contributed by atoms with van der Waals surface area (Å²) >= 11 is 1.21. The number of Topliss-reactive ketones (excluding diaryl/α,β-unsaturated/α-hetero) is 1. The highest BCUT2D eigenvalue weighted by Gasteiger charge is 2.12. The maximum atomic E-state index is 13.1. The van der Waals surface area contributed by atoms with Gasteiger partial charge >= 0.3 is 0 Å². The average molecular weight is 199 g/mol. The van der Waals surface area contributed by atoms with Gasteiger partial charge in [0.2, 0.25) is 0 Å². The summed E-state index contributed by atoms with van der Waals surface area (Å²) in [5.74, 6) is -0.601. The van der Waals surface area contributed by atoms with E-state index in [0.717, 1.165) is 0 Å². The van der Waals surface area contributed by atoms with Crippen molar-refractivity contribution in [3.05, 3.63) is 29.6 Å². The van der Waals surface area contributed by atoms with Crippen LogP contribution >= 0.6 is 11.8 Å². The first-order chi connectivity index (χ1) is 6.20. The molecule has 0 saturated carbocycles. The number of benzene rings is 1. The lowest BCUT2D eigenvalue weighted by atomic mass is 10.1. The zero-order chi connectivity index (χ0) is 9.84. The fourth-order valence-corrected chi connectivity index (χ4v) is 1.71. The van der Waals surface area contributed by atoms with E-state index in [1.165, 1.54) is 23.9 Å². The summed E-state index contributed by atoms with van der Waals surface area (Å²) in [6.45, 7) is -0.0863. The smallest absolute Gasteiger partial charge is 0.177 e. The number of carbonyl (C=O) groups excluding carboxylic acids is 1. The molecule has 1 aromatic rings. The molecule has 0 spiro atoms. The Labute approximate surface area is 80.3 Å². The van der Waals surface area contributed by atoms with Crippen molar-refractivity contribution in [2.24, 2.45) is 5.73 Å². The van der Waals surface area contributed by atoms with Crippen LogP contribution in [0.1, 0.15) is 10.4 Å². The quantitative estimate of drug-likeness (QED) is 0.595. The molecule has 0 saturated heterocycles. The minimum Gasteiger partial charge on any atom is -0.324 e.